The third-order valence-electron chi connectivity index (χ3n) is 3.66. The van der Waals surface area contributed by atoms with Gasteiger partial charge in [-0.3, -0.25) is 0 Å². The van der Waals surface area contributed by atoms with E-state index in [0.717, 1.165) is 11.3 Å². The molecule has 0 saturated carbocycles. The zero-order chi connectivity index (χ0) is 14.8. The van der Waals surface area contributed by atoms with Gasteiger partial charge in [-0.1, -0.05) is 29.8 Å². The van der Waals surface area contributed by atoms with Gasteiger partial charge in [-0.25, -0.2) is 0 Å². The molecule has 0 bridgehead atoms. The van der Waals surface area contributed by atoms with E-state index in [-0.39, 0.29) is 0 Å². The van der Waals surface area contributed by atoms with Crippen molar-refractivity contribution in [2.75, 3.05) is 12.4 Å². The van der Waals surface area contributed by atoms with Gasteiger partial charge in [-0.15, -0.1) is 11.8 Å². The van der Waals surface area contributed by atoms with Crippen molar-refractivity contribution in [3.05, 3.63) is 58.6 Å². The Morgan fingerprint density at radius 2 is 2.14 bits per heavy atom. The molecule has 0 saturated heterocycles. The second-order valence-electron chi connectivity index (χ2n) is 5.21. The SMILES string of the molecule is CC(O)c1cc(Cl)ccc1OCC1CSc2ccccc21. The molecule has 0 amide bonds. The monoisotopic (exact) mass is 320 g/mol. The van der Waals surface area contributed by atoms with Crippen molar-refractivity contribution >= 4 is 23.4 Å². The number of fused-ring (bicyclic) bond motifs is 1. The molecule has 110 valence electrons. The molecule has 1 aliphatic heterocycles. The van der Waals surface area contributed by atoms with Gasteiger partial charge in [-0.2, -0.15) is 0 Å². The Morgan fingerprint density at radius 1 is 1.33 bits per heavy atom. The summed E-state index contributed by atoms with van der Waals surface area (Å²) in [5, 5.41) is 10.4. The second-order valence-corrected chi connectivity index (χ2v) is 6.71. The summed E-state index contributed by atoms with van der Waals surface area (Å²) in [6, 6.07) is 13.8. The smallest absolute Gasteiger partial charge is 0.125 e. The third-order valence-corrected chi connectivity index (χ3v) is 5.15. The zero-order valence-corrected chi connectivity index (χ0v) is 13.3. The predicted octanol–water partition coefficient (Wildman–Crippen LogP) is 4.66. The van der Waals surface area contributed by atoms with E-state index in [0.29, 0.717) is 23.3 Å². The Bertz CT molecular complexity index is 642. The van der Waals surface area contributed by atoms with Crippen molar-refractivity contribution in [2.45, 2.75) is 23.8 Å². The van der Waals surface area contributed by atoms with Crippen molar-refractivity contribution in [3.8, 4) is 5.75 Å². The van der Waals surface area contributed by atoms with Crippen LogP contribution >= 0.6 is 23.4 Å². The molecule has 4 heteroatoms. The molecule has 0 aromatic heterocycles. The molecule has 0 fully saturated rings. The van der Waals surface area contributed by atoms with Crippen LogP contribution in [0.4, 0.5) is 0 Å². The zero-order valence-electron chi connectivity index (χ0n) is 11.8. The molecule has 2 nitrogen and oxygen atoms in total. The van der Waals surface area contributed by atoms with Crippen molar-refractivity contribution < 1.29 is 9.84 Å². The number of rotatable bonds is 4. The number of hydrogen-bond acceptors (Lipinski definition) is 3. The molecule has 21 heavy (non-hydrogen) atoms. The lowest BCUT2D eigenvalue weighted by Crippen LogP contribution is -2.11. The van der Waals surface area contributed by atoms with Gasteiger partial charge in [-0.05, 0) is 36.8 Å². The summed E-state index contributed by atoms with van der Waals surface area (Å²) in [6.45, 7) is 2.34. The van der Waals surface area contributed by atoms with Crippen LogP contribution in [-0.4, -0.2) is 17.5 Å². The van der Waals surface area contributed by atoms with Crippen molar-refractivity contribution in [3.63, 3.8) is 0 Å². The van der Waals surface area contributed by atoms with Crippen LogP contribution in [-0.2, 0) is 0 Å². The summed E-state index contributed by atoms with van der Waals surface area (Å²) in [4.78, 5) is 1.35. The van der Waals surface area contributed by atoms with Gasteiger partial charge in [0.15, 0.2) is 0 Å². The highest BCUT2D eigenvalue weighted by molar-refractivity contribution is 7.99. The summed E-state index contributed by atoms with van der Waals surface area (Å²) < 4.78 is 5.96. The predicted molar refractivity (Wildman–Crippen MR) is 87.5 cm³/mol. The van der Waals surface area contributed by atoms with Gasteiger partial charge in [0.2, 0.25) is 0 Å². The van der Waals surface area contributed by atoms with Crippen LogP contribution in [0.5, 0.6) is 5.75 Å². The van der Waals surface area contributed by atoms with Crippen molar-refractivity contribution in [1.82, 2.24) is 0 Å². The number of aliphatic hydroxyl groups is 1. The molecule has 1 N–H and O–H groups in total. The Balaban J connectivity index is 1.75. The lowest BCUT2D eigenvalue weighted by molar-refractivity contribution is 0.190. The van der Waals surface area contributed by atoms with Crippen LogP contribution in [0.25, 0.3) is 0 Å². The molecule has 2 aromatic rings. The van der Waals surface area contributed by atoms with E-state index in [2.05, 4.69) is 24.3 Å². The van der Waals surface area contributed by atoms with E-state index < -0.39 is 6.10 Å². The number of ether oxygens (including phenoxy) is 1. The maximum Gasteiger partial charge on any atom is 0.125 e. The van der Waals surface area contributed by atoms with E-state index in [1.807, 2.05) is 17.8 Å². The maximum atomic E-state index is 9.84. The van der Waals surface area contributed by atoms with Crippen LogP contribution in [0, 0.1) is 0 Å². The molecular formula is C17H17ClO2S. The van der Waals surface area contributed by atoms with Crippen molar-refractivity contribution in [2.24, 2.45) is 0 Å². The van der Waals surface area contributed by atoms with Crippen LogP contribution in [0.15, 0.2) is 47.4 Å². The van der Waals surface area contributed by atoms with Crippen LogP contribution in [0.1, 0.15) is 30.1 Å². The van der Waals surface area contributed by atoms with Gasteiger partial charge in [0.05, 0.1) is 12.7 Å². The average Bonchev–Trinajstić information content (AvgIpc) is 2.89. The lowest BCUT2D eigenvalue weighted by Gasteiger charge is -2.17. The van der Waals surface area contributed by atoms with Gasteiger partial charge in [0.25, 0.3) is 0 Å². The van der Waals surface area contributed by atoms with Crippen LogP contribution in [0.3, 0.4) is 0 Å². The molecule has 2 aromatic carbocycles. The average molecular weight is 321 g/mol. The lowest BCUT2D eigenvalue weighted by atomic mass is 10.0. The molecule has 2 unspecified atom stereocenters. The quantitative estimate of drug-likeness (QED) is 0.888. The van der Waals surface area contributed by atoms with E-state index in [4.69, 9.17) is 16.3 Å². The Labute approximate surface area is 134 Å². The van der Waals surface area contributed by atoms with E-state index in [1.165, 1.54) is 10.5 Å². The minimum Gasteiger partial charge on any atom is -0.493 e. The molecule has 0 aliphatic carbocycles. The summed E-state index contributed by atoms with van der Waals surface area (Å²) in [7, 11) is 0. The Kier molecular flexibility index (Phi) is 4.43. The van der Waals surface area contributed by atoms with Gasteiger partial charge in [0, 0.05) is 27.2 Å². The summed E-state index contributed by atoms with van der Waals surface area (Å²) in [5.41, 5.74) is 2.09. The largest absolute Gasteiger partial charge is 0.493 e. The summed E-state index contributed by atoms with van der Waals surface area (Å²) in [6.07, 6.45) is -0.594. The van der Waals surface area contributed by atoms with E-state index in [9.17, 15) is 5.11 Å². The minimum absolute atomic E-state index is 0.392. The molecule has 3 rings (SSSR count). The minimum atomic E-state index is -0.594. The Hall–Kier alpha value is -1.16. The van der Waals surface area contributed by atoms with Gasteiger partial charge in [0.1, 0.15) is 5.75 Å². The molecular weight excluding hydrogens is 304 g/mol. The topological polar surface area (TPSA) is 29.5 Å². The summed E-state index contributed by atoms with van der Waals surface area (Å²) in [5.74, 6) is 2.14. The molecule has 0 radical (unpaired) electrons. The third kappa shape index (κ3) is 3.20. The molecule has 1 aliphatic rings. The van der Waals surface area contributed by atoms with E-state index >= 15 is 0 Å². The van der Waals surface area contributed by atoms with Gasteiger partial charge >= 0.3 is 0 Å². The fraction of sp³-hybridized carbons (Fsp3) is 0.294. The molecule has 1 heterocycles. The van der Waals surface area contributed by atoms with E-state index in [1.54, 1.807) is 19.1 Å². The number of halogens is 1. The fourth-order valence-corrected chi connectivity index (χ4v) is 3.95. The number of benzene rings is 2. The highest BCUT2D eigenvalue weighted by Gasteiger charge is 2.23. The first-order chi connectivity index (χ1) is 10.1. The number of thioether (sulfide) groups is 1. The second kappa shape index (κ2) is 6.30. The molecule has 2 atom stereocenters. The van der Waals surface area contributed by atoms with Crippen molar-refractivity contribution in [1.29, 1.82) is 0 Å². The highest BCUT2D eigenvalue weighted by Crippen LogP contribution is 2.40. The van der Waals surface area contributed by atoms with Gasteiger partial charge < -0.3 is 9.84 Å². The van der Waals surface area contributed by atoms with Crippen LogP contribution < -0.4 is 4.74 Å². The molecule has 0 spiro atoms. The fourth-order valence-electron chi connectivity index (χ4n) is 2.53. The number of hydrogen-bond donors (Lipinski definition) is 1. The first-order valence-corrected chi connectivity index (χ1v) is 8.33. The van der Waals surface area contributed by atoms with Crippen LogP contribution in [0.2, 0.25) is 5.02 Å². The first-order valence-electron chi connectivity index (χ1n) is 6.97. The Morgan fingerprint density at radius 3 is 2.95 bits per heavy atom. The highest BCUT2D eigenvalue weighted by atomic mass is 35.5. The maximum absolute atomic E-state index is 9.84. The first kappa shape index (κ1) is 14.8. The number of aliphatic hydroxyl groups excluding tert-OH is 1. The summed E-state index contributed by atoms with van der Waals surface area (Å²) >= 11 is 7.86. The normalized spacial score (nSPS) is 18.3. The standard InChI is InChI=1S/C17H17ClO2S/c1-11(19)15-8-13(18)6-7-16(15)20-9-12-10-21-17-5-3-2-4-14(12)17/h2-8,11-12,19H,9-10H2,1H3.